The number of esters is 4. The fourth-order valence-corrected chi connectivity index (χ4v) is 8.78. The van der Waals surface area contributed by atoms with Crippen LogP contribution in [0, 0.1) is 39.9 Å². The van der Waals surface area contributed by atoms with E-state index < -0.39 is 64.5 Å². The lowest BCUT2D eigenvalue weighted by atomic mass is 9.40. The lowest BCUT2D eigenvalue weighted by Crippen LogP contribution is -2.67. The number of allylic oxidation sites excluding steroid dienone is 1. The number of hydrogen-bond acceptors (Lipinski definition) is 10. The molecule has 0 amide bonds. The molecule has 2 bridgehead atoms. The molecule has 2 aliphatic heterocycles. The van der Waals surface area contributed by atoms with Crippen LogP contribution in [0.5, 0.6) is 0 Å². The van der Waals surface area contributed by atoms with Crippen molar-refractivity contribution in [1.29, 1.82) is 0 Å². The molecule has 10 nitrogen and oxygen atoms in total. The summed E-state index contributed by atoms with van der Waals surface area (Å²) in [7, 11) is 1.32. The first kappa shape index (κ1) is 30.4. The second-order valence-electron chi connectivity index (χ2n) is 13.8. The van der Waals surface area contributed by atoms with Crippen LogP contribution >= 0.6 is 0 Å². The van der Waals surface area contributed by atoms with Crippen molar-refractivity contribution in [3.05, 3.63) is 22.8 Å². The van der Waals surface area contributed by atoms with E-state index in [-0.39, 0.29) is 42.0 Å². The van der Waals surface area contributed by atoms with Gasteiger partial charge in [0.1, 0.15) is 18.0 Å². The summed E-state index contributed by atoms with van der Waals surface area (Å²) in [5.74, 6) is -3.88. The Morgan fingerprint density at radius 3 is 2.43 bits per heavy atom. The summed E-state index contributed by atoms with van der Waals surface area (Å²) >= 11 is 0. The number of fused-ring (bicyclic) bond motifs is 5. The van der Waals surface area contributed by atoms with Crippen LogP contribution in [0.1, 0.15) is 80.1 Å². The monoisotopic (exact) mass is 586 g/mol. The molecule has 0 radical (unpaired) electrons. The van der Waals surface area contributed by atoms with Crippen molar-refractivity contribution in [3.8, 4) is 0 Å². The van der Waals surface area contributed by atoms with Crippen molar-refractivity contribution in [3.63, 3.8) is 0 Å². The van der Waals surface area contributed by atoms with Crippen molar-refractivity contribution in [2.24, 2.45) is 39.9 Å². The van der Waals surface area contributed by atoms with Crippen molar-refractivity contribution < 1.29 is 48.0 Å². The van der Waals surface area contributed by atoms with Crippen LogP contribution in [-0.4, -0.2) is 60.4 Å². The molecule has 1 saturated heterocycles. The third-order valence-electron chi connectivity index (χ3n) is 11.3. The average molecular weight is 587 g/mol. The molecular formula is C32H42O10. The van der Waals surface area contributed by atoms with Gasteiger partial charge >= 0.3 is 23.9 Å². The van der Waals surface area contributed by atoms with E-state index in [1.165, 1.54) is 13.2 Å². The lowest BCUT2D eigenvalue weighted by molar-refractivity contribution is -0.200. The van der Waals surface area contributed by atoms with Gasteiger partial charge < -0.3 is 24.1 Å². The molecule has 1 N–H and O–H groups in total. The molecule has 5 aliphatic rings. The number of ketones is 1. The van der Waals surface area contributed by atoms with Gasteiger partial charge in [0.05, 0.1) is 30.9 Å². The molecule has 3 aliphatic carbocycles. The zero-order valence-corrected chi connectivity index (χ0v) is 25.5. The summed E-state index contributed by atoms with van der Waals surface area (Å²) in [6.45, 7) is 11.5. The normalized spacial score (nSPS) is 39.3. The van der Waals surface area contributed by atoms with Gasteiger partial charge in [-0.2, -0.15) is 0 Å². The third-order valence-corrected chi connectivity index (χ3v) is 11.3. The Balaban J connectivity index is 1.67. The molecule has 0 spiro atoms. The highest BCUT2D eigenvalue weighted by atomic mass is 16.6. The number of aliphatic hydroxyl groups excluding tert-OH is 1. The summed E-state index contributed by atoms with van der Waals surface area (Å²) in [6.07, 6.45) is 0.0975. The van der Waals surface area contributed by atoms with Gasteiger partial charge in [0.2, 0.25) is 6.29 Å². The topological polar surface area (TPSA) is 142 Å². The minimum absolute atomic E-state index is 0.00306. The smallest absolute Gasteiger partial charge is 0.340 e. The molecule has 0 aromatic carbocycles. The van der Waals surface area contributed by atoms with Crippen molar-refractivity contribution in [1.82, 2.24) is 0 Å². The van der Waals surface area contributed by atoms with Gasteiger partial charge in [-0.25, -0.2) is 4.79 Å². The number of methoxy groups -OCH3 is 1. The van der Waals surface area contributed by atoms with E-state index in [4.69, 9.17) is 18.9 Å². The maximum Gasteiger partial charge on any atom is 0.340 e. The first-order chi connectivity index (χ1) is 19.6. The fraction of sp³-hybridized carbons (Fsp3) is 0.719. The average Bonchev–Trinajstić information content (AvgIpc) is 3.27. The minimum Gasteiger partial charge on any atom is -0.469 e. The van der Waals surface area contributed by atoms with E-state index in [0.29, 0.717) is 25.7 Å². The van der Waals surface area contributed by atoms with Crippen LogP contribution < -0.4 is 0 Å². The van der Waals surface area contributed by atoms with Crippen LogP contribution in [0.2, 0.25) is 0 Å². The summed E-state index contributed by atoms with van der Waals surface area (Å²) in [4.78, 5) is 66.1. The van der Waals surface area contributed by atoms with Crippen molar-refractivity contribution in [2.75, 3.05) is 7.11 Å². The van der Waals surface area contributed by atoms with Crippen molar-refractivity contribution >= 4 is 29.7 Å². The van der Waals surface area contributed by atoms with E-state index >= 15 is 0 Å². The van der Waals surface area contributed by atoms with E-state index in [2.05, 4.69) is 0 Å². The van der Waals surface area contributed by atoms with Crippen LogP contribution in [0.3, 0.4) is 0 Å². The van der Waals surface area contributed by atoms with Crippen LogP contribution in [0.15, 0.2) is 22.8 Å². The zero-order valence-electron chi connectivity index (χ0n) is 25.5. The van der Waals surface area contributed by atoms with Crippen LogP contribution in [0.4, 0.5) is 0 Å². The molecular weight excluding hydrogens is 544 g/mol. The molecule has 230 valence electrons. The molecule has 9 atom stereocenters. The first-order valence-electron chi connectivity index (χ1n) is 14.9. The molecule has 5 rings (SSSR count). The Hall–Kier alpha value is -3.01. The summed E-state index contributed by atoms with van der Waals surface area (Å²) in [5.41, 5.74) is -0.609. The zero-order chi connectivity index (χ0) is 30.9. The van der Waals surface area contributed by atoms with E-state index in [0.717, 1.165) is 11.1 Å². The van der Waals surface area contributed by atoms with Gasteiger partial charge in [0, 0.05) is 22.7 Å². The maximum atomic E-state index is 14.5. The van der Waals surface area contributed by atoms with Gasteiger partial charge in [-0.15, -0.1) is 0 Å². The second-order valence-corrected chi connectivity index (χ2v) is 13.8. The number of aliphatic hydroxyl groups is 1. The number of carbonyl (C=O) groups excluding carboxylic acids is 5. The fourth-order valence-electron chi connectivity index (χ4n) is 8.78. The Bertz CT molecular complexity index is 1290. The Labute approximate surface area is 246 Å². The largest absolute Gasteiger partial charge is 0.469 e. The number of cyclic esters (lactones) is 2. The Morgan fingerprint density at radius 2 is 1.83 bits per heavy atom. The maximum absolute atomic E-state index is 14.5. The number of carbonyl (C=O) groups is 5. The number of ether oxygens (including phenoxy) is 4. The van der Waals surface area contributed by atoms with Crippen LogP contribution in [-0.2, 0) is 42.9 Å². The van der Waals surface area contributed by atoms with Gasteiger partial charge in [-0.1, -0.05) is 47.1 Å². The Morgan fingerprint density at radius 1 is 1.14 bits per heavy atom. The van der Waals surface area contributed by atoms with Crippen molar-refractivity contribution in [2.45, 2.75) is 98.6 Å². The Kier molecular flexibility index (Phi) is 7.48. The highest BCUT2D eigenvalue weighted by molar-refractivity contribution is 5.94. The van der Waals surface area contributed by atoms with Gasteiger partial charge in [-0.3, -0.25) is 19.2 Å². The molecule has 2 heterocycles. The van der Waals surface area contributed by atoms with Gasteiger partial charge in [0.15, 0.2) is 0 Å². The molecule has 0 aromatic heterocycles. The highest BCUT2D eigenvalue weighted by Gasteiger charge is 2.69. The summed E-state index contributed by atoms with van der Waals surface area (Å²) in [5, 5.41) is 9.95. The van der Waals surface area contributed by atoms with Crippen LogP contribution in [0.25, 0.3) is 0 Å². The van der Waals surface area contributed by atoms with Gasteiger partial charge in [-0.05, 0) is 49.2 Å². The molecule has 2 saturated carbocycles. The minimum atomic E-state index is -1.41. The number of rotatable bonds is 6. The second kappa shape index (κ2) is 10.3. The van der Waals surface area contributed by atoms with Gasteiger partial charge in [0.25, 0.3) is 0 Å². The molecule has 42 heavy (non-hydrogen) atoms. The molecule has 3 fully saturated rings. The standard InChI is InChI=1S/C32H42O10/c1-8-15(2)28(37)42-26-17-11-16-19(32(6,25(17)36)21(30(26,3)4)14-22(33)39-7)9-10-31(5)20(16)13-24(35)40-27(31)18-12-23(34)41-29(18)38/h12,15,17,19,21,23,26-27,34H,8-11,13-14H2,1-7H3. The third kappa shape index (κ3) is 4.35. The molecule has 9 unspecified atom stereocenters. The number of hydrogen-bond donors (Lipinski definition) is 1. The summed E-state index contributed by atoms with van der Waals surface area (Å²) in [6, 6.07) is 0. The predicted octanol–water partition coefficient (Wildman–Crippen LogP) is 3.59. The SMILES string of the molecule is CCC(C)C(=O)OC1C2CC3=C4CC(=O)OC(C5=CC(O)OC5=O)C4(C)CCC3C(C)(C2=O)C(CC(=O)OC)C1(C)C. The highest BCUT2D eigenvalue weighted by Crippen LogP contribution is 2.67. The number of Topliss-reactive ketones (excluding diaryl/α,β-unsaturated/α-hetero) is 1. The summed E-state index contributed by atoms with van der Waals surface area (Å²) < 4.78 is 21.9. The van der Waals surface area contributed by atoms with E-state index in [1.807, 2.05) is 34.6 Å². The van der Waals surface area contributed by atoms with E-state index in [1.54, 1.807) is 6.92 Å². The van der Waals surface area contributed by atoms with E-state index in [9.17, 15) is 29.1 Å². The molecule has 0 aromatic rings. The first-order valence-corrected chi connectivity index (χ1v) is 14.9. The molecule has 10 heteroatoms. The predicted molar refractivity (Wildman–Crippen MR) is 147 cm³/mol. The lowest BCUT2D eigenvalue weighted by Gasteiger charge is -2.63. The quantitative estimate of drug-likeness (QED) is 0.279.